The van der Waals surface area contributed by atoms with Gasteiger partial charge in [0.25, 0.3) is 0 Å². The minimum Gasteiger partial charge on any atom is -0.314 e. The second-order valence-corrected chi connectivity index (χ2v) is 6.14. The molecule has 2 unspecified atom stereocenters. The molecule has 2 rings (SSSR count). The molecule has 1 fully saturated rings. The van der Waals surface area contributed by atoms with E-state index in [0.717, 1.165) is 31.8 Å². The fraction of sp³-hybridized carbons (Fsp3) is 0.875. The molecule has 2 atom stereocenters. The third kappa shape index (κ3) is 4.58. The average molecular weight is 278 g/mol. The van der Waals surface area contributed by atoms with Crippen molar-refractivity contribution in [1.29, 1.82) is 0 Å². The highest BCUT2D eigenvalue weighted by Gasteiger charge is 2.21. The van der Waals surface area contributed by atoms with Gasteiger partial charge in [0, 0.05) is 19.0 Å². The highest BCUT2D eigenvalue weighted by Crippen LogP contribution is 2.26. The summed E-state index contributed by atoms with van der Waals surface area (Å²) in [5.41, 5.74) is 0. The van der Waals surface area contributed by atoms with Crippen molar-refractivity contribution in [3.8, 4) is 0 Å². The maximum absolute atomic E-state index is 4.48. The lowest BCUT2D eigenvalue weighted by molar-refractivity contribution is 0.373. The lowest BCUT2D eigenvalue weighted by Crippen LogP contribution is -2.31. The van der Waals surface area contributed by atoms with Crippen molar-refractivity contribution in [2.24, 2.45) is 5.92 Å². The molecule has 0 saturated heterocycles. The summed E-state index contributed by atoms with van der Waals surface area (Å²) < 4.78 is 2.10. The van der Waals surface area contributed by atoms with Crippen LogP contribution in [-0.2, 0) is 13.0 Å². The van der Waals surface area contributed by atoms with E-state index in [1.807, 2.05) is 0 Å². The molecule has 4 nitrogen and oxygen atoms in total. The van der Waals surface area contributed by atoms with Gasteiger partial charge in [-0.15, -0.1) is 0 Å². The van der Waals surface area contributed by atoms with E-state index in [1.54, 1.807) is 6.33 Å². The SMILES string of the molecule is CCCNC1CCCCC(Cc2ncnn2CCC)C1. The molecule has 1 aliphatic carbocycles. The third-order valence-corrected chi connectivity index (χ3v) is 4.32. The lowest BCUT2D eigenvalue weighted by atomic mass is 9.94. The summed E-state index contributed by atoms with van der Waals surface area (Å²) in [5, 5.41) is 8.07. The Morgan fingerprint density at radius 2 is 2.10 bits per heavy atom. The number of nitrogens with zero attached hydrogens (tertiary/aromatic N) is 3. The fourth-order valence-electron chi connectivity index (χ4n) is 3.28. The number of nitrogens with one attached hydrogen (secondary N) is 1. The molecule has 114 valence electrons. The molecule has 20 heavy (non-hydrogen) atoms. The summed E-state index contributed by atoms with van der Waals surface area (Å²) in [6.45, 7) is 6.60. The molecular formula is C16H30N4. The van der Waals surface area contributed by atoms with Crippen LogP contribution in [-0.4, -0.2) is 27.4 Å². The highest BCUT2D eigenvalue weighted by molar-refractivity contribution is 4.89. The predicted molar refractivity (Wildman–Crippen MR) is 82.7 cm³/mol. The maximum atomic E-state index is 4.48. The van der Waals surface area contributed by atoms with Gasteiger partial charge >= 0.3 is 0 Å². The van der Waals surface area contributed by atoms with Gasteiger partial charge in [0.05, 0.1) is 0 Å². The van der Waals surface area contributed by atoms with Gasteiger partial charge < -0.3 is 5.32 Å². The topological polar surface area (TPSA) is 42.7 Å². The minimum atomic E-state index is 0.713. The Balaban J connectivity index is 1.91. The van der Waals surface area contributed by atoms with Crippen molar-refractivity contribution in [1.82, 2.24) is 20.1 Å². The van der Waals surface area contributed by atoms with E-state index in [2.05, 4.69) is 33.9 Å². The molecule has 0 spiro atoms. The third-order valence-electron chi connectivity index (χ3n) is 4.32. The van der Waals surface area contributed by atoms with E-state index < -0.39 is 0 Å². The van der Waals surface area contributed by atoms with E-state index in [-0.39, 0.29) is 0 Å². The largest absolute Gasteiger partial charge is 0.314 e. The van der Waals surface area contributed by atoms with Gasteiger partial charge in [-0.05, 0) is 44.6 Å². The summed E-state index contributed by atoms with van der Waals surface area (Å²) >= 11 is 0. The standard InChI is InChI=1S/C16H30N4/c1-3-9-17-15-8-6-5-7-14(11-15)12-16-18-13-19-20(16)10-4-2/h13-15,17H,3-12H2,1-2H3. The van der Waals surface area contributed by atoms with E-state index in [1.165, 1.54) is 44.3 Å². The van der Waals surface area contributed by atoms with Crippen LogP contribution in [0.1, 0.15) is 64.6 Å². The van der Waals surface area contributed by atoms with Gasteiger partial charge in [0.1, 0.15) is 12.2 Å². The Kier molecular flexibility index (Phi) is 6.51. The predicted octanol–water partition coefficient (Wildman–Crippen LogP) is 3.18. The Bertz CT molecular complexity index is 374. The van der Waals surface area contributed by atoms with E-state index in [9.17, 15) is 0 Å². The highest BCUT2D eigenvalue weighted by atomic mass is 15.3. The van der Waals surface area contributed by atoms with Crippen LogP contribution in [0.15, 0.2) is 6.33 Å². The Labute approximate surface area is 123 Å². The zero-order valence-corrected chi connectivity index (χ0v) is 13.1. The summed E-state index contributed by atoms with van der Waals surface area (Å²) in [6.07, 6.45) is 11.9. The summed E-state index contributed by atoms with van der Waals surface area (Å²) in [4.78, 5) is 4.48. The quantitative estimate of drug-likeness (QED) is 0.779. The second kappa shape index (κ2) is 8.40. The summed E-state index contributed by atoms with van der Waals surface area (Å²) in [6, 6.07) is 0.713. The first kappa shape index (κ1) is 15.5. The van der Waals surface area contributed by atoms with Crippen LogP contribution in [0.25, 0.3) is 0 Å². The van der Waals surface area contributed by atoms with Crippen LogP contribution in [0.5, 0.6) is 0 Å². The van der Waals surface area contributed by atoms with Gasteiger partial charge in [-0.25, -0.2) is 4.98 Å². The molecule has 1 aliphatic rings. The molecule has 1 N–H and O–H groups in total. The van der Waals surface area contributed by atoms with Crippen LogP contribution in [0.3, 0.4) is 0 Å². The van der Waals surface area contributed by atoms with E-state index in [4.69, 9.17) is 0 Å². The Morgan fingerprint density at radius 3 is 2.90 bits per heavy atom. The molecule has 1 saturated carbocycles. The smallest absolute Gasteiger partial charge is 0.138 e. The average Bonchev–Trinajstić information content (AvgIpc) is 2.75. The Hall–Kier alpha value is -0.900. The zero-order chi connectivity index (χ0) is 14.2. The van der Waals surface area contributed by atoms with Gasteiger partial charge in [0.15, 0.2) is 0 Å². The first-order chi connectivity index (χ1) is 9.83. The number of rotatable bonds is 7. The number of hydrogen-bond donors (Lipinski definition) is 1. The van der Waals surface area contributed by atoms with Gasteiger partial charge in [-0.2, -0.15) is 5.10 Å². The molecule has 1 aromatic rings. The van der Waals surface area contributed by atoms with Crippen LogP contribution in [0.4, 0.5) is 0 Å². The van der Waals surface area contributed by atoms with Crippen molar-refractivity contribution in [3.63, 3.8) is 0 Å². The van der Waals surface area contributed by atoms with Crippen molar-refractivity contribution in [3.05, 3.63) is 12.2 Å². The number of aromatic nitrogens is 3. The van der Waals surface area contributed by atoms with Crippen molar-refractivity contribution >= 4 is 0 Å². The first-order valence-electron chi connectivity index (χ1n) is 8.43. The van der Waals surface area contributed by atoms with Crippen LogP contribution >= 0.6 is 0 Å². The summed E-state index contributed by atoms with van der Waals surface area (Å²) in [5.74, 6) is 1.96. The molecular weight excluding hydrogens is 248 g/mol. The van der Waals surface area contributed by atoms with Crippen molar-refractivity contribution < 1.29 is 0 Å². The fourth-order valence-corrected chi connectivity index (χ4v) is 3.28. The van der Waals surface area contributed by atoms with Crippen molar-refractivity contribution in [2.45, 2.75) is 77.8 Å². The van der Waals surface area contributed by atoms with E-state index >= 15 is 0 Å². The molecule has 0 aliphatic heterocycles. The number of hydrogen-bond acceptors (Lipinski definition) is 3. The maximum Gasteiger partial charge on any atom is 0.138 e. The zero-order valence-electron chi connectivity index (χ0n) is 13.1. The van der Waals surface area contributed by atoms with Crippen molar-refractivity contribution in [2.75, 3.05) is 6.54 Å². The van der Waals surface area contributed by atoms with Crippen LogP contribution in [0.2, 0.25) is 0 Å². The van der Waals surface area contributed by atoms with Gasteiger partial charge in [-0.3, -0.25) is 4.68 Å². The second-order valence-electron chi connectivity index (χ2n) is 6.14. The van der Waals surface area contributed by atoms with Crippen LogP contribution < -0.4 is 5.32 Å². The number of aryl methyl sites for hydroxylation is 1. The monoisotopic (exact) mass is 278 g/mol. The molecule has 4 heteroatoms. The lowest BCUT2D eigenvalue weighted by Gasteiger charge is -2.21. The molecule has 0 amide bonds. The van der Waals surface area contributed by atoms with Gasteiger partial charge in [-0.1, -0.05) is 26.7 Å². The first-order valence-corrected chi connectivity index (χ1v) is 8.43. The van der Waals surface area contributed by atoms with Crippen LogP contribution in [0, 0.1) is 5.92 Å². The molecule has 0 bridgehead atoms. The molecule has 0 aromatic carbocycles. The van der Waals surface area contributed by atoms with Gasteiger partial charge in [0.2, 0.25) is 0 Å². The molecule has 1 aromatic heterocycles. The Morgan fingerprint density at radius 1 is 1.25 bits per heavy atom. The normalized spacial score (nSPS) is 23.7. The molecule has 1 heterocycles. The van der Waals surface area contributed by atoms with E-state index in [0.29, 0.717) is 6.04 Å². The molecule has 0 radical (unpaired) electrons. The minimum absolute atomic E-state index is 0.713. The summed E-state index contributed by atoms with van der Waals surface area (Å²) in [7, 11) is 0.